The molecule has 174 valence electrons. The molecule has 0 bridgehead atoms. The number of aliphatic hydroxyl groups excluding tert-OH is 1. The van der Waals surface area contributed by atoms with Crippen molar-refractivity contribution >= 4 is 15.9 Å². The lowest BCUT2D eigenvalue weighted by molar-refractivity contribution is -0.126. The predicted octanol–water partition coefficient (Wildman–Crippen LogP) is 2.57. The fourth-order valence-electron chi connectivity index (χ4n) is 3.70. The maximum Gasteiger partial charge on any atom is 0.243 e. The first-order chi connectivity index (χ1) is 15.2. The van der Waals surface area contributed by atoms with Crippen LogP contribution in [-0.4, -0.2) is 56.1 Å². The van der Waals surface area contributed by atoms with Gasteiger partial charge in [-0.3, -0.25) is 4.79 Å². The van der Waals surface area contributed by atoms with Gasteiger partial charge in [-0.05, 0) is 74.6 Å². The molecule has 1 fully saturated rings. The van der Waals surface area contributed by atoms with Gasteiger partial charge in [0.05, 0.1) is 4.90 Å². The number of aliphatic hydroxyl groups is 1. The minimum atomic E-state index is -3.57. The van der Waals surface area contributed by atoms with Crippen LogP contribution in [0, 0.1) is 26.7 Å². The Labute approximate surface area is 190 Å². The van der Waals surface area contributed by atoms with Crippen LogP contribution in [-0.2, 0) is 14.8 Å². The monoisotopic (exact) mass is 460 g/mol. The molecule has 1 aliphatic rings. The average molecular weight is 461 g/mol. The van der Waals surface area contributed by atoms with E-state index in [1.54, 1.807) is 12.1 Å². The molecule has 0 aromatic heterocycles. The number of ether oxygens (including phenoxy) is 1. The van der Waals surface area contributed by atoms with Gasteiger partial charge in [-0.1, -0.05) is 18.2 Å². The molecule has 0 saturated carbocycles. The Morgan fingerprint density at radius 1 is 1.12 bits per heavy atom. The second-order valence-electron chi connectivity index (χ2n) is 8.45. The molecule has 3 rings (SSSR count). The molecule has 32 heavy (non-hydrogen) atoms. The Kier molecular flexibility index (Phi) is 7.92. The van der Waals surface area contributed by atoms with Crippen molar-refractivity contribution in [3.63, 3.8) is 0 Å². The summed E-state index contributed by atoms with van der Waals surface area (Å²) in [6.45, 7) is 6.57. The van der Waals surface area contributed by atoms with E-state index in [1.807, 2.05) is 51.1 Å². The minimum Gasteiger partial charge on any atom is -0.491 e. The molecule has 0 radical (unpaired) electrons. The normalized spacial score (nSPS) is 16.5. The lowest BCUT2D eigenvalue weighted by Crippen LogP contribution is -2.44. The van der Waals surface area contributed by atoms with Crippen molar-refractivity contribution in [2.24, 2.45) is 5.92 Å². The first-order valence-corrected chi connectivity index (χ1v) is 12.3. The van der Waals surface area contributed by atoms with Crippen LogP contribution < -0.4 is 10.1 Å². The molecule has 1 aliphatic heterocycles. The van der Waals surface area contributed by atoms with Crippen LogP contribution in [0.3, 0.4) is 0 Å². The molecule has 2 aromatic rings. The van der Waals surface area contributed by atoms with Crippen LogP contribution in [0.2, 0.25) is 0 Å². The van der Waals surface area contributed by atoms with Crippen LogP contribution in [0.5, 0.6) is 5.75 Å². The summed E-state index contributed by atoms with van der Waals surface area (Å²) in [6.07, 6.45) is 0.0714. The number of benzene rings is 2. The Balaban J connectivity index is 1.45. The van der Waals surface area contributed by atoms with Crippen LogP contribution in [0.4, 0.5) is 0 Å². The van der Waals surface area contributed by atoms with E-state index in [0.29, 0.717) is 36.6 Å². The maximum absolute atomic E-state index is 12.9. The molecule has 8 heteroatoms. The molecule has 1 amide bonds. The number of hydrogen-bond acceptors (Lipinski definition) is 5. The van der Waals surface area contributed by atoms with Gasteiger partial charge in [0.1, 0.15) is 18.5 Å². The molecule has 1 heterocycles. The molecule has 2 N–H and O–H groups in total. The van der Waals surface area contributed by atoms with E-state index in [9.17, 15) is 18.3 Å². The molecule has 2 aromatic carbocycles. The Bertz CT molecular complexity index is 1050. The number of amides is 1. The van der Waals surface area contributed by atoms with Crippen molar-refractivity contribution in [1.82, 2.24) is 9.62 Å². The minimum absolute atomic E-state index is 0.0798. The number of piperidine rings is 1. The second-order valence-corrected chi connectivity index (χ2v) is 10.4. The molecule has 0 spiro atoms. The zero-order valence-electron chi connectivity index (χ0n) is 18.9. The number of nitrogens with one attached hydrogen (secondary N) is 1. The lowest BCUT2D eigenvalue weighted by atomic mass is 9.97. The summed E-state index contributed by atoms with van der Waals surface area (Å²) in [5.41, 5.74) is 3.05. The number of sulfonamides is 1. The van der Waals surface area contributed by atoms with Crippen molar-refractivity contribution in [1.29, 1.82) is 0 Å². The van der Waals surface area contributed by atoms with Crippen molar-refractivity contribution in [2.75, 3.05) is 26.2 Å². The molecular weight excluding hydrogens is 428 g/mol. The largest absolute Gasteiger partial charge is 0.491 e. The summed E-state index contributed by atoms with van der Waals surface area (Å²) in [6, 6.07) is 12.7. The first kappa shape index (κ1) is 24.2. The van der Waals surface area contributed by atoms with Crippen LogP contribution in [0.15, 0.2) is 47.4 Å². The van der Waals surface area contributed by atoms with E-state index in [4.69, 9.17) is 4.74 Å². The zero-order chi connectivity index (χ0) is 23.3. The van der Waals surface area contributed by atoms with Crippen molar-refractivity contribution in [3.8, 4) is 5.75 Å². The number of aryl methyl sites for hydroxylation is 3. The van der Waals surface area contributed by atoms with Gasteiger partial charge in [0.15, 0.2) is 0 Å². The summed E-state index contributed by atoms with van der Waals surface area (Å²) < 4.78 is 32.9. The van der Waals surface area contributed by atoms with Gasteiger partial charge in [0.2, 0.25) is 15.9 Å². The van der Waals surface area contributed by atoms with E-state index in [0.717, 1.165) is 16.7 Å². The van der Waals surface area contributed by atoms with E-state index in [1.165, 1.54) is 4.31 Å². The fraction of sp³-hybridized carbons (Fsp3) is 0.458. The van der Waals surface area contributed by atoms with Crippen molar-refractivity contribution in [3.05, 3.63) is 59.2 Å². The highest BCUT2D eigenvalue weighted by Crippen LogP contribution is 2.25. The molecule has 0 aliphatic carbocycles. The van der Waals surface area contributed by atoms with Gasteiger partial charge in [-0.25, -0.2) is 8.42 Å². The Hall–Kier alpha value is -2.42. The first-order valence-electron chi connectivity index (χ1n) is 10.9. The SMILES string of the molecule is Cc1cccc(OCC(O)CNC(=O)C2CCN(S(=O)(=O)c3ccc(C)c(C)c3)CC2)c1. The third-order valence-electron chi connectivity index (χ3n) is 5.88. The van der Waals surface area contributed by atoms with Gasteiger partial charge >= 0.3 is 0 Å². The molecule has 1 saturated heterocycles. The third kappa shape index (κ3) is 6.09. The van der Waals surface area contributed by atoms with Crippen molar-refractivity contribution in [2.45, 2.75) is 44.6 Å². The van der Waals surface area contributed by atoms with E-state index < -0.39 is 16.1 Å². The van der Waals surface area contributed by atoms with Crippen LogP contribution in [0.25, 0.3) is 0 Å². The van der Waals surface area contributed by atoms with E-state index >= 15 is 0 Å². The number of hydrogen-bond donors (Lipinski definition) is 2. The summed E-state index contributed by atoms with van der Waals surface area (Å²) in [4.78, 5) is 12.8. The fourth-order valence-corrected chi connectivity index (χ4v) is 5.26. The van der Waals surface area contributed by atoms with Gasteiger partial charge in [0, 0.05) is 25.6 Å². The zero-order valence-corrected chi connectivity index (χ0v) is 19.7. The summed E-state index contributed by atoms with van der Waals surface area (Å²) in [7, 11) is -3.57. The van der Waals surface area contributed by atoms with Gasteiger partial charge in [-0.2, -0.15) is 4.31 Å². The average Bonchev–Trinajstić information content (AvgIpc) is 2.78. The molecule has 7 nitrogen and oxygen atoms in total. The number of carbonyl (C=O) groups excluding carboxylic acids is 1. The topological polar surface area (TPSA) is 95.9 Å². The van der Waals surface area contributed by atoms with Crippen LogP contribution >= 0.6 is 0 Å². The molecule has 1 atom stereocenters. The maximum atomic E-state index is 12.9. The summed E-state index contributed by atoms with van der Waals surface area (Å²) in [5.74, 6) is 0.238. The number of nitrogens with zero attached hydrogens (tertiary/aromatic N) is 1. The van der Waals surface area contributed by atoms with Crippen LogP contribution in [0.1, 0.15) is 29.5 Å². The summed E-state index contributed by atoms with van der Waals surface area (Å²) >= 11 is 0. The number of rotatable bonds is 8. The quantitative estimate of drug-likeness (QED) is 0.631. The Morgan fingerprint density at radius 2 is 1.84 bits per heavy atom. The Morgan fingerprint density at radius 3 is 2.50 bits per heavy atom. The highest BCUT2D eigenvalue weighted by molar-refractivity contribution is 7.89. The van der Waals surface area contributed by atoms with Gasteiger partial charge < -0.3 is 15.2 Å². The highest BCUT2D eigenvalue weighted by Gasteiger charge is 2.32. The molecule has 1 unspecified atom stereocenters. The lowest BCUT2D eigenvalue weighted by Gasteiger charge is -2.30. The summed E-state index contributed by atoms with van der Waals surface area (Å²) in [5, 5.41) is 12.9. The smallest absolute Gasteiger partial charge is 0.243 e. The third-order valence-corrected chi connectivity index (χ3v) is 7.78. The molecular formula is C24H32N2O5S. The van der Waals surface area contributed by atoms with Crippen molar-refractivity contribution < 1.29 is 23.1 Å². The van der Waals surface area contributed by atoms with E-state index in [-0.39, 0.29) is 25.0 Å². The van der Waals surface area contributed by atoms with Gasteiger partial charge in [-0.15, -0.1) is 0 Å². The standard InChI is InChI=1S/C24H32N2O5S/c1-17-5-4-6-22(13-17)31-16-21(27)15-25-24(28)20-9-11-26(12-10-20)32(29,30)23-8-7-18(2)19(3)14-23/h4-8,13-14,20-21,27H,9-12,15-16H2,1-3H3,(H,25,28). The highest BCUT2D eigenvalue weighted by atomic mass is 32.2. The second kappa shape index (κ2) is 10.5. The predicted molar refractivity (Wildman–Crippen MR) is 123 cm³/mol. The van der Waals surface area contributed by atoms with E-state index in [2.05, 4.69) is 5.32 Å². The van der Waals surface area contributed by atoms with Gasteiger partial charge in [0.25, 0.3) is 0 Å². The number of carbonyl (C=O) groups is 1.